The van der Waals surface area contributed by atoms with Crippen LogP contribution in [0.1, 0.15) is 22.6 Å². The van der Waals surface area contributed by atoms with E-state index in [-0.39, 0.29) is 29.1 Å². The molecule has 0 heterocycles. The molecular formula is C11H13Zr. The Bertz CT molecular complexity index is 298. The Morgan fingerprint density at radius 3 is 2.83 bits per heavy atom. The Morgan fingerprint density at radius 1 is 1.50 bits per heavy atom. The van der Waals surface area contributed by atoms with E-state index in [1.807, 2.05) is 0 Å². The van der Waals surface area contributed by atoms with Crippen molar-refractivity contribution in [3.63, 3.8) is 0 Å². The molecule has 0 N–H and O–H groups in total. The summed E-state index contributed by atoms with van der Waals surface area (Å²) in [5, 5.41) is 0. The van der Waals surface area contributed by atoms with Crippen molar-refractivity contribution >= 4 is 0 Å². The second-order valence-electron chi connectivity index (χ2n) is 2.97. The first kappa shape index (κ1) is 9.93. The molecule has 2 aliphatic rings. The third-order valence-electron chi connectivity index (χ3n) is 2.17. The second kappa shape index (κ2) is 4.19. The fourth-order valence-electron chi connectivity index (χ4n) is 1.55. The smallest absolute Gasteiger partial charge is 1.00 e. The Labute approximate surface area is 95.8 Å². The minimum atomic E-state index is 0. The molecule has 0 spiro atoms. The molecule has 12 heavy (non-hydrogen) atoms. The van der Waals surface area contributed by atoms with E-state index >= 15 is 0 Å². The zero-order valence-electron chi connectivity index (χ0n) is 9.22. The third kappa shape index (κ3) is 1.77. The van der Waals surface area contributed by atoms with Gasteiger partial charge in [-0.1, -0.05) is 31.9 Å². The van der Waals surface area contributed by atoms with Crippen molar-refractivity contribution in [3.05, 3.63) is 47.1 Å². The Morgan fingerprint density at radius 2 is 2.33 bits per heavy atom. The molecule has 0 aromatic heterocycles. The first-order chi connectivity index (χ1) is 5.38. The number of allylic oxidation sites excluding steroid dienone is 8. The summed E-state index contributed by atoms with van der Waals surface area (Å²) in [6.45, 7) is 2.16. The molecule has 0 unspecified atom stereocenters. The molecule has 1 heteroatoms. The van der Waals surface area contributed by atoms with Crippen LogP contribution in [-0.2, 0) is 26.2 Å². The van der Waals surface area contributed by atoms with Crippen LogP contribution in [0.5, 0.6) is 0 Å². The largest absolute Gasteiger partial charge is 3.00 e. The van der Waals surface area contributed by atoms with Gasteiger partial charge in [-0.3, -0.25) is 0 Å². The van der Waals surface area contributed by atoms with E-state index in [1.54, 1.807) is 0 Å². The summed E-state index contributed by atoms with van der Waals surface area (Å²) in [5.74, 6) is 0. The first-order valence-corrected chi connectivity index (χ1v) is 4.02. The van der Waals surface area contributed by atoms with Crippen LogP contribution in [-0.4, -0.2) is 0 Å². The minimum Gasteiger partial charge on any atom is -1.00 e. The normalized spacial score (nSPS) is 19.9. The van der Waals surface area contributed by atoms with Gasteiger partial charge in [0.1, 0.15) is 0 Å². The zero-order chi connectivity index (χ0) is 7.68. The van der Waals surface area contributed by atoms with Gasteiger partial charge in [-0.05, 0) is 0 Å². The molecule has 1 radical (unpaired) electrons. The SMILES string of the molecule is CC1=CC[C-]=C1C1=CC=CC1.[H-].[H-].[Zr+3]. The van der Waals surface area contributed by atoms with Crippen molar-refractivity contribution < 1.29 is 29.1 Å². The molecule has 2 rings (SSSR count). The summed E-state index contributed by atoms with van der Waals surface area (Å²) in [6.07, 6.45) is 14.2. The van der Waals surface area contributed by atoms with Gasteiger partial charge in [0.05, 0.1) is 0 Å². The van der Waals surface area contributed by atoms with E-state index in [9.17, 15) is 0 Å². The van der Waals surface area contributed by atoms with Crippen molar-refractivity contribution in [2.24, 2.45) is 0 Å². The van der Waals surface area contributed by atoms with Gasteiger partial charge in [-0.25, -0.2) is 0 Å². The van der Waals surface area contributed by atoms with Crippen molar-refractivity contribution in [2.45, 2.75) is 19.8 Å². The number of rotatable bonds is 1. The standard InChI is InChI=1S/C11H11.Zr.2H/c1-9-5-4-8-11(9)10-6-2-3-7-10;;;/h2-3,5-6H,4,7H2,1H3;;;/q-1;+3;2*-1. The zero-order valence-corrected chi connectivity index (χ0v) is 9.68. The molecule has 0 aliphatic heterocycles. The molecule has 0 aromatic rings. The molecule has 2 aliphatic carbocycles. The molecule has 0 amide bonds. The number of hydrogen-bond acceptors (Lipinski definition) is 0. The van der Waals surface area contributed by atoms with Gasteiger partial charge in [0.25, 0.3) is 0 Å². The van der Waals surface area contributed by atoms with Gasteiger partial charge in [0, 0.05) is 0 Å². The fourth-order valence-corrected chi connectivity index (χ4v) is 1.55. The van der Waals surface area contributed by atoms with E-state index in [1.165, 1.54) is 16.7 Å². The summed E-state index contributed by atoms with van der Waals surface area (Å²) in [4.78, 5) is 0. The third-order valence-corrected chi connectivity index (χ3v) is 2.17. The van der Waals surface area contributed by atoms with Crippen LogP contribution >= 0.6 is 0 Å². The maximum atomic E-state index is 3.36. The van der Waals surface area contributed by atoms with Gasteiger partial charge in [-0.15, -0.1) is 17.7 Å². The molecule has 61 valence electrons. The van der Waals surface area contributed by atoms with Crippen LogP contribution < -0.4 is 0 Å². The van der Waals surface area contributed by atoms with Crippen molar-refractivity contribution in [1.29, 1.82) is 0 Å². The average molecular weight is 236 g/mol. The van der Waals surface area contributed by atoms with Gasteiger partial charge < -0.3 is 2.85 Å². The van der Waals surface area contributed by atoms with Gasteiger partial charge in [0.15, 0.2) is 0 Å². The predicted octanol–water partition coefficient (Wildman–Crippen LogP) is 3.17. The molecule has 0 fully saturated rings. The van der Waals surface area contributed by atoms with Gasteiger partial charge in [-0.2, -0.15) is 17.2 Å². The Balaban J connectivity index is 0. The van der Waals surface area contributed by atoms with E-state index in [2.05, 4.69) is 37.3 Å². The molecule has 0 atom stereocenters. The Hall–Kier alpha value is -0.157. The van der Waals surface area contributed by atoms with Crippen LogP contribution in [0.3, 0.4) is 0 Å². The van der Waals surface area contributed by atoms with Crippen molar-refractivity contribution in [3.8, 4) is 0 Å². The topological polar surface area (TPSA) is 0 Å². The monoisotopic (exact) mass is 235 g/mol. The van der Waals surface area contributed by atoms with Crippen LogP contribution in [0.25, 0.3) is 0 Å². The maximum absolute atomic E-state index is 3.36. The summed E-state index contributed by atoms with van der Waals surface area (Å²) in [6, 6.07) is 0. The van der Waals surface area contributed by atoms with Crippen molar-refractivity contribution in [2.75, 3.05) is 0 Å². The van der Waals surface area contributed by atoms with E-state index < -0.39 is 0 Å². The van der Waals surface area contributed by atoms with E-state index in [0.717, 1.165) is 12.8 Å². The fraction of sp³-hybridized carbons (Fsp3) is 0.273. The van der Waals surface area contributed by atoms with Gasteiger partial charge >= 0.3 is 26.2 Å². The van der Waals surface area contributed by atoms with Crippen LogP contribution in [0, 0.1) is 6.08 Å². The molecule has 0 saturated carbocycles. The van der Waals surface area contributed by atoms with Crippen LogP contribution in [0.4, 0.5) is 0 Å². The van der Waals surface area contributed by atoms with E-state index in [0.29, 0.717) is 0 Å². The summed E-state index contributed by atoms with van der Waals surface area (Å²) in [7, 11) is 0. The van der Waals surface area contributed by atoms with Crippen LogP contribution in [0.15, 0.2) is 41.0 Å². The quantitative estimate of drug-likeness (QED) is 0.614. The molecular weight excluding hydrogens is 223 g/mol. The van der Waals surface area contributed by atoms with E-state index in [4.69, 9.17) is 0 Å². The molecule has 0 saturated heterocycles. The Kier molecular flexibility index (Phi) is 3.46. The molecule has 0 aromatic carbocycles. The molecule has 0 bridgehead atoms. The van der Waals surface area contributed by atoms with Crippen molar-refractivity contribution in [1.82, 2.24) is 0 Å². The minimum absolute atomic E-state index is 0. The molecule has 0 nitrogen and oxygen atoms in total. The summed E-state index contributed by atoms with van der Waals surface area (Å²) in [5.41, 5.74) is 4.16. The number of hydrogen-bond donors (Lipinski definition) is 0. The maximum Gasteiger partial charge on any atom is 3.00 e. The van der Waals surface area contributed by atoms with Gasteiger partial charge in [0.2, 0.25) is 0 Å². The predicted molar refractivity (Wildman–Crippen MR) is 49.2 cm³/mol. The summed E-state index contributed by atoms with van der Waals surface area (Å²) >= 11 is 0. The first-order valence-electron chi connectivity index (χ1n) is 4.02. The second-order valence-corrected chi connectivity index (χ2v) is 2.97. The average Bonchev–Trinajstić information content (AvgIpc) is 2.55. The van der Waals surface area contributed by atoms with Crippen LogP contribution in [0.2, 0.25) is 0 Å². The summed E-state index contributed by atoms with van der Waals surface area (Å²) < 4.78 is 0.